The molecule has 0 spiro atoms. The quantitative estimate of drug-likeness (QED) is 0.259. The SMILES string of the molecule is C(#Cc1cnc2c(ccc3cc(C#Cc4ccccc4)cnc32)c1)c1ccccc1. The molecule has 0 N–H and O–H groups in total. The fourth-order valence-corrected chi connectivity index (χ4v) is 3.26. The lowest BCUT2D eigenvalue weighted by molar-refractivity contribution is 1.36. The van der Waals surface area contributed by atoms with Gasteiger partial charge < -0.3 is 0 Å². The molecule has 0 aliphatic rings. The Morgan fingerprint density at radius 1 is 0.433 bits per heavy atom. The normalized spacial score (nSPS) is 10.1. The van der Waals surface area contributed by atoms with Crippen LogP contribution in [0.2, 0.25) is 0 Å². The van der Waals surface area contributed by atoms with Gasteiger partial charge in [-0.2, -0.15) is 0 Å². The second kappa shape index (κ2) is 7.92. The van der Waals surface area contributed by atoms with Crippen molar-refractivity contribution >= 4 is 21.8 Å². The van der Waals surface area contributed by atoms with Crippen LogP contribution < -0.4 is 0 Å². The van der Waals surface area contributed by atoms with Gasteiger partial charge in [0.15, 0.2) is 0 Å². The van der Waals surface area contributed by atoms with Crippen LogP contribution in [0.1, 0.15) is 22.3 Å². The summed E-state index contributed by atoms with van der Waals surface area (Å²) < 4.78 is 0. The number of aromatic nitrogens is 2. The van der Waals surface area contributed by atoms with Crippen LogP contribution in [0.25, 0.3) is 21.8 Å². The van der Waals surface area contributed by atoms with Crippen molar-refractivity contribution in [3.05, 3.63) is 120 Å². The van der Waals surface area contributed by atoms with E-state index in [1.165, 1.54) is 0 Å². The van der Waals surface area contributed by atoms with Crippen LogP contribution in [0.15, 0.2) is 97.3 Å². The van der Waals surface area contributed by atoms with E-state index in [4.69, 9.17) is 0 Å². The largest absolute Gasteiger partial charge is 0.253 e. The standard InChI is InChI=1S/C28H16N2/c1-3-7-21(8-4-1)11-13-23-17-25-15-16-26-18-24(14-12-22-9-5-2-6-10-22)20-30-28(26)27(25)29-19-23/h1-10,15-20H. The zero-order valence-corrected chi connectivity index (χ0v) is 16.1. The first-order valence-electron chi connectivity index (χ1n) is 9.68. The third-order valence-corrected chi connectivity index (χ3v) is 4.75. The van der Waals surface area contributed by atoms with E-state index in [0.717, 1.165) is 44.1 Å². The van der Waals surface area contributed by atoms with Crippen molar-refractivity contribution in [3.63, 3.8) is 0 Å². The molecule has 2 nitrogen and oxygen atoms in total. The van der Waals surface area contributed by atoms with Gasteiger partial charge in [0.25, 0.3) is 0 Å². The number of nitrogens with zero attached hydrogens (tertiary/aromatic N) is 2. The minimum Gasteiger partial charge on any atom is -0.253 e. The highest BCUT2D eigenvalue weighted by molar-refractivity contribution is 6.03. The van der Waals surface area contributed by atoms with Gasteiger partial charge in [-0.1, -0.05) is 72.2 Å². The highest BCUT2D eigenvalue weighted by Crippen LogP contribution is 2.23. The minimum atomic E-state index is 0.875. The molecule has 0 saturated carbocycles. The van der Waals surface area contributed by atoms with Crippen LogP contribution >= 0.6 is 0 Å². The van der Waals surface area contributed by atoms with Gasteiger partial charge in [0, 0.05) is 45.4 Å². The van der Waals surface area contributed by atoms with Crippen molar-refractivity contribution in [2.45, 2.75) is 0 Å². The first kappa shape index (κ1) is 17.7. The van der Waals surface area contributed by atoms with E-state index in [9.17, 15) is 0 Å². The zero-order valence-electron chi connectivity index (χ0n) is 16.1. The number of hydrogen-bond acceptors (Lipinski definition) is 2. The molecule has 5 rings (SSSR count). The number of pyridine rings is 2. The molecule has 0 aliphatic carbocycles. The van der Waals surface area contributed by atoms with E-state index in [-0.39, 0.29) is 0 Å². The molecule has 3 aromatic carbocycles. The fraction of sp³-hybridized carbons (Fsp3) is 0. The maximum atomic E-state index is 4.64. The van der Waals surface area contributed by atoms with Crippen LogP contribution in [0.4, 0.5) is 0 Å². The Hall–Kier alpha value is -4.40. The van der Waals surface area contributed by atoms with Gasteiger partial charge in [0.1, 0.15) is 0 Å². The minimum absolute atomic E-state index is 0.875. The highest BCUT2D eigenvalue weighted by Gasteiger charge is 2.05. The van der Waals surface area contributed by atoms with E-state index < -0.39 is 0 Å². The van der Waals surface area contributed by atoms with Gasteiger partial charge in [-0.05, 0) is 36.4 Å². The Morgan fingerprint density at radius 2 is 0.833 bits per heavy atom. The number of hydrogen-bond donors (Lipinski definition) is 0. The van der Waals surface area contributed by atoms with E-state index >= 15 is 0 Å². The Kier molecular flexibility index (Phi) is 4.67. The third-order valence-electron chi connectivity index (χ3n) is 4.75. The van der Waals surface area contributed by atoms with Crippen molar-refractivity contribution in [3.8, 4) is 23.7 Å². The summed E-state index contributed by atoms with van der Waals surface area (Å²) in [5.74, 6) is 12.7. The molecular weight excluding hydrogens is 364 g/mol. The molecule has 0 fully saturated rings. The molecule has 0 aliphatic heterocycles. The Bertz CT molecular complexity index is 1360. The molecule has 0 saturated heterocycles. The van der Waals surface area contributed by atoms with Crippen molar-refractivity contribution in [1.29, 1.82) is 0 Å². The lowest BCUT2D eigenvalue weighted by atomic mass is 10.1. The van der Waals surface area contributed by atoms with Crippen molar-refractivity contribution in [2.24, 2.45) is 0 Å². The monoisotopic (exact) mass is 380 g/mol. The maximum absolute atomic E-state index is 4.64. The van der Waals surface area contributed by atoms with Crippen LogP contribution in [0.5, 0.6) is 0 Å². The van der Waals surface area contributed by atoms with Crippen LogP contribution in [-0.2, 0) is 0 Å². The van der Waals surface area contributed by atoms with Gasteiger partial charge in [-0.25, -0.2) is 0 Å². The first-order chi connectivity index (χ1) is 14.8. The summed E-state index contributed by atoms with van der Waals surface area (Å²) in [6.07, 6.45) is 3.62. The van der Waals surface area contributed by atoms with Crippen LogP contribution in [0, 0.1) is 23.7 Å². The number of rotatable bonds is 0. The van der Waals surface area contributed by atoms with Gasteiger partial charge in [0.05, 0.1) is 11.0 Å². The summed E-state index contributed by atoms with van der Waals surface area (Å²) in [6, 6.07) is 28.1. The molecule has 2 heterocycles. The molecule has 5 aromatic rings. The predicted octanol–water partition coefficient (Wildman–Crippen LogP) is 5.58. The molecule has 2 aromatic heterocycles. The predicted molar refractivity (Wildman–Crippen MR) is 122 cm³/mol. The van der Waals surface area contributed by atoms with Crippen LogP contribution in [-0.4, -0.2) is 9.97 Å². The summed E-state index contributed by atoms with van der Waals surface area (Å²) in [5, 5.41) is 2.05. The van der Waals surface area contributed by atoms with Gasteiger partial charge >= 0.3 is 0 Å². The van der Waals surface area contributed by atoms with Crippen molar-refractivity contribution < 1.29 is 0 Å². The van der Waals surface area contributed by atoms with Gasteiger partial charge in [-0.3, -0.25) is 9.97 Å². The molecule has 0 unspecified atom stereocenters. The summed E-state index contributed by atoms with van der Waals surface area (Å²) in [7, 11) is 0. The van der Waals surface area contributed by atoms with Gasteiger partial charge in [-0.15, -0.1) is 0 Å². The summed E-state index contributed by atoms with van der Waals surface area (Å²) in [4.78, 5) is 9.29. The average Bonchev–Trinajstić information content (AvgIpc) is 2.82. The van der Waals surface area contributed by atoms with E-state index in [0.29, 0.717) is 0 Å². The Labute approximate surface area is 175 Å². The first-order valence-corrected chi connectivity index (χ1v) is 9.68. The lowest BCUT2D eigenvalue weighted by Gasteiger charge is -2.03. The Balaban J connectivity index is 1.50. The number of fused-ring (bicyclic) bond motifs is 3. The van der Waals surface area contributed by atoms with Crippen molar-refractivity contribution in [2.75, 3.05) is 0 Å². The van der Waals surface area contributed by atoms with Crippen molar-refractivity contribution in [1.82, 2.24) is 9.97 Å². The zero-order chi connectivity index (χ0) is 20.2. The lowest BCUT2D eigenvalue weighted by Crippen LogP contribution is -1.88. The second-order valence-electron chi connectivity index (χ2n) is 6.89. The molecule has 0 amide bonds. The molecule has 30 heavy (non-hydrogen) atoms. The molecule has 2 heteroatoms. The van der Waals surface area contributed by atoms with Gasteiger partial charge in [0.2, 0.25) is 0 Å². The van der Waals surface area contributed by atoms with E-state index in [1.54, 1.807) is 0 Å². The third kappa shape index (κ3) is 3.76. The average molecular weight is 380 g/mol. The molecular formula is C28H16N2. The van der Waals surface area contributed by atoms with E-state index in [1.807, 2.05) is 73.1 Å². The molecule has 138 valence electrons. The summed E-state index contributed by atoms with van der Waals surface area (Å²) in [6.45, 7) is 0. The Morgan fingerprint density at radius 3 is 1.27 bits per heavy atom. The number of benzene rings is 3. The summed E-state index contributed by atoms with van der Waals surface area (Å²) in [5.41, 5.74) is 5.50. The smallest absolute Gasteiger partial charge is 0.0965 e. The molecule has 0 radical (unpaired) electrons. The molecule has 0 atom stereocenters. The van der Waals surface area contributed by atoms with E-state index in [2.05, 4.69) is 57.9 Å². The second-order valence-corrected chi connectivity index (χ2v) is 6.89. The molecule has 0 bridgehead atoms. The maximum Gasteiger partial charge on any atom is 0.0965 e. The fourth-order valence-electron chi connectivity index (χ4n) is 3.26. The van der Waals surface area contributed by atoms with Crippen LogP contribution in [0.3, 0.4) is 0 Å². The highest BCUT2D eigenvalue weighted by atomic mass is 14.7. The summed E-state index contributed by atoms with van der Waals surface area (Å²) >= 11 is 0. The topological polar surface area (TPSA) is 25.8 Å².